The number of rotatable bonds is 4. The van der Waals surface area contributed by atoms with Crippen LogP contribution in [0.2, 0.25) is 5.02 Å². The van der Waals surface area contributed by atoms with Crippen molar-refractivity contribution < 1.29 is 4.74 Å². The Balaban J connectivity index is 1.58. The van der Waals surface area contributed by atoms with E-state index in [0.29, 0.717) is 23.0 Å². The van der Waals surface area contributed by atoms with Crippen molar-refractivity contribution >= 4 is 11.6 Å². The maximum absolute atomic E-state index is 6.11. The monoisotopic (exact) mass is 389 g/mol. The Morgan fingerprint density at radius 3 is 2.85 bits per heavy atom. The molecule has 0 spiro atoms. The molecule has 7 heteroatoms. The summed E-state index contributed by atoms with van der Waals surface area (Å²) < 4.78 is 7.70. The zero-order chi connectivity index (χ0) is 19.0. The highest BCUT2D eigenvalue weighted by Crippen LogP contribution is 2.38. The molecule has 1 aliphatic carbocycles. The molecule has 2 aromatic heterocycles. The van der Waals surface area contributed by atoms with E-state index in [1.807, 2.05) is 6.07 Å². The second-order valence-electron chi connectivity index (χ2n) is 8.05. The maximum atomic E-state index is 6.11. The first-order chi connectivity index (χ1) is 13.0. The lowest BCUT2D eigenvalue weighted by molar-refractivity contribution is -0.0209. The molecule has 1 saturated carbocycles. The molecule has 4 rings (SSSR count). The van der Waals surface area contributed by atoms with E-state index in [2.05, 4.69) is 35.3 Å². The molecule has 27 heavy (non-hydrogen) atoms. The van der Waals surface area contributed by atoms with Gasteiger partial charge in [0.25, 0.3) is 0 Å². The van der Waals surface area contributed by atoms with Crippen molar-refractivity contribution in [2.45, 2.75) is 64.1 Å². The van der Waals surface area contributed by atoms with Gasteiger partial charge in [0.05, 0.1) is 18.2 Å². The summed E-state index contributed by atoms with van der Waals surface area (Å²) in [5.74, 6) is 2.26. The van der Waals surface area contributed by atoms with Crippen molar-refractivity contribution in [3.05, 3.63) is 29.3 Å². The summed E-state index contributed by atoms with van der Waals surface area (Å²) in [6, 6.07) is 3.27. The fourth-order valence-electron chi connectivity index (χ4n) is 4.43. The van der Waals surface area contributed by atoms with E-state index in [9.17, 15) is 0 Å². The largest absolute Gasteiger partial charge is 0.379 e. The van der Waals surface area contributed by atoms with E-state index in [-0.39, 0.29) is 6.04 Å². The Labute approximate surface area is 165 Å². The van der Waals surface area contributed by atoms with Crippen molar-refractivity contribution in [2.75, 3.05) is 19.8 Å². The number of nitrogens with zero attached hydrogens (tertiary/aromatic N) is 5. The Bertz CT molecular complexity index is 792. The summed E-state index contributed by atoms with van der Waals surface area (Å²) in [6.45, 7) is 9.32. The Morgan fingerprint density at radius 1 is 1.26 bits per heavy atom. The molecule has 146 valence electrons. The van der Waals surface area contributed by atoms with Crippen LogP contribution in [0, 0.1) is 0 Å². The van der Waals surface area contributed by atoms with Gasteiger partial charge in [-0.1, -0.05) is 11.6 Å². The molecule has 0 unspecified atom stereocenters. The van der Waals surface area contributed by atoms with Gasteiger partial charge in [-0.3, -0.25) is 9.88 Å². The zero-order valence-corrected chi connectivity index (χ0v) is 17.1. The van der Waals surface area contributed by atoms with Gasteiger partial charge in [-0.25, -0.2) is 9.67 Å². The van der Waals surface area contributed by atoms with E-state index in [4.69, 9.17) is 26.4 Å². The number of pyridine rings is 1. The van der Waals surface area contributed by atoms with Gasteiger partial charge in [-0.05, 0) is 46.1 Å². The van der Waals surface area contributed by atoms with Crippen LogP contribution in [0.4, 0.5) is 0 Å². The van der Waals surface area contributed by atoms with Crippen molar-refractivity contribution in [2.24, 2.45) is 0 Å². The third-order valence-electron chi connectivity index (χ3n) is 5.77. The van der Waals surface area contributed by atoms with Gasteiger partial charge in [-0.2, -0.15) is 5.10 Å². The van der Waals surface area contributed by atoms with Crippen LogP contribution in [0.3, 0.4) is 0 Å². The predicted molar refractivity (Wildman–Crippen MR) is 106 cm³/mol. The van der Waals surface area contributed by atoms with Crippen LogP contribution >= 0.6 is 11.6 Å². The van der Waals surface area contributed by atoms with Crippen molar-refractivity contribution in [1.82, 2.24) is 24.6 Å². The number of morpholine rings is 1. The SMILES string of the molecule is CC(C)n1nc(-c2cncc(Cl)c2)nc1[C@H]1CC[C@H](N2CCOC[C@@H]2C)C1. The lowest BCUT2D eigenvalue weighted by Crippen LogP contribution is -2.48. The fraction of sp³-hybridized carbons (Fsp3) is 0.650. The average Bonchev–Trinajstić information content (AvgIpc) is 3.29. The van der Waals surface area contributed by atoms with Crippen LogP contribution in [0.15, 0.2) is 18.5 Å². The summed E-state index contributed by atoms with van der Waals surface area (Å²) in [6.07, 6.45) is 6.93. The normalized spacial score (nSPS) is 26.8. The summed E-state index contributed by atoms with van der Waals surface area (Å²) in [7, 11) is 0. The molecule has 0 aromatic carbocycles. The molecule has 2 aromatic rings. The highest BCUT2D eigenvalue weighted by molar-refractivity contribution is 6.30. The maximum Gasteiger partial charge on any atom is 0.183 e. The number of hydrogen-bond donors (Lipinski definition) is 0. The lowest BCUT2D eigenvalue weighted by atomic mass is 10.1. The summed E-state index contributed by atoms with van der Waals surface area (Å²) in [5.41, 5.74) is 0.875. The number of ether oxygens (including phenoxy) is 1. The molecular formula is C20H28ClN5O. The van der Waals surface area contributed by atoms with Crippen molar-refractivity contribution in [3.8, 4) is 11.4 Å². The van der Waals surface area contributed by atoms with E-state index in [0.717, 1.165) is 49.8 Å². The number of halogens is 1. The van der Waals surface area contributed by atoms with Crippen LogP contribution in [0.5, 0.6) is 0 Å². The molecule has 0 amide bonds. The average molecular weight is 390 g/mol. The highest BCUT2D eigenvalue weighted by Gasteiger charge is 2.36. The Hall–Kier alpha value is -1.50. The second kappa shape index (κ2) is 7.86. The van der Waals surface area contributed by atoms with E-state index in [1.54, 1.807) is 12.4 Å². The molecule has 3 heterocycles. The summed E-state index contributed by atoms with van der Waals surface area (Å²) in [5, 5.41) is 5.40. The van der Waals surface area contributed by atoms with Crippen LogP contribution < -0.4 is 0 Å². The highest BCUT2D eigenvalue weighted by atomic mass is 35.5. The molecule has 0 N–H and O–H groups in total. The van der Waals surface area contributed by atoms with E-state index < -0.39 is 0 Å². The van der Waals surface area contributed by atoms with Gasteiger partial charge in [0.15, 0.2) is 5.82 Å². The molecule has 3 atom stereocenters. The predicted octanol–water partition coefficient (Wildman–Crippen LogP) is 3.93. The lowest BCUT2D eigenvalue weighted by Gasteiger charge is -2.38. The topological polar surface area (TPSA) is 56.1 Å². The Morgan fingerprint density at radius 2 is 2.11 bits per heavy atom. The minimum Gasteiger partial charge on any atom is -0.379 e. The fourth-order valence-corrected chi connectivity index (χ4v) is 4.60. The van der Waals surface area contributed by atoms with Crippen molar-refractivity contribution in [1.29, 1.82) is 0 Å². The van der Waals surface area contributed by atoms with Gasteiger partial charge < -0.3 is 4.74 Å². The minimum atomic E-state index is 0.273. The molecule has 1 saturated heterocycles. The van der Waals surface area contributed by atoms with Crippen molar-refractivity contribution in [3.63, 3.8) is 0 Å². The van der Waals surface area contributed by atoms with Gasteiger partial charge >= 0.3 is 0 Å². The van der Waals surface area contributed by atoms with E-state index in [1.165, 1.54) is 6.42 Å². The van der Waals surface area contributed by atoms with E-state index >= 15 is 0 Å². The molecular weight excluding hydrogens is 362 g/mol. The van der Waals surface area contributed by atoms with Gasteiger partial charge in [0.2, 0.25) is 0 Å². The van der Waals surface area contributed by atoms with Gasteiger partial charge in [0.1, 0.15) is 5.82 Å². The third kappa shape index (κ3) is 3.89. The first-order valence-corrected chi connectivity index (χ1v) is 10.3. The second-order valence-corrected chi connectivity index (χ2v) is 8.49. The molecule has 0 radical (unpaired) electrons. The van der Waals surface area contributed by atoms with Crippen LogP contribution in [-0.4, -0.2) is 56.5 Å². The summed E-state index contributed by atoms with van der Waals surface area (Å²) in [4.78, 5) is 11.7. The number of aromatic nitrogens is 4. The molecule has 6 nitrogen and oxygen atoms in total. The summed E-state index contributed by atoms with van der Waals surface area (Å²) >= 11 is 6.11. The van der Waals surface area contributed by atoms with Crippen LogP contribution in [0.1, 0.15) is 57.8 Å². The number of hydrogen-bond acceptors (Lipinski definition) is 5. The first-order valence-electron chi connectivity index (χ1n) is 9.93. The molecule has 0 bridgehead atoms. The van der Waals surface area contributed by atoms with Gasteiger partial charge in [-0.15, -0.1) is 0 Å². The van der Waals surface area contributed by atoms with Gasteiger partial charge in [0, 0.05) is 48.5 Å². The first kappa shape index (κ1) is 18.8. The smallest absolute Gasteiger partial charge is 0.183 e. The zero-order valence-electron chi connectivity index (χ0n) is 16.3. The van der Waals surface area contributed by atoms with Crippen LogP contribution in [-0.2, 0) is 4.74 Å². The third-order valence-corrected chi connectivity index (χ3v) is 5.97. The molecule has 2 aliphatic rings. The minimum absolute atomic E-state index is 0.273. The standard InChI is InChI=1S/C20H28ClN5O/c1-13(2)26-20(23-19(24-26)16-8-17(21)11-22-10-16)15-4-5-18(9-15)25-6-7-27-12-14(25)3/h8,10-11,13-15,18H,4-7,9,12H2,1-3H3/t14-,15-,18-/m0/s1. The Kier molecular flexibility index (Phi) is 5.48. The quantitative estimate of drug-likeness (QED) is 0.792. The molecule has 1 aliphatic heterocycles. The molecule has 2 fully saturated rings. The van der Waals surface area contributed by atoms with Crippen LogP contribution in [0.25, 0.3) is 11.4 Å².